The number of halogens is 4. The van der Waals surface area contributed by atoms with E-state index >= 15 is 0 Å². The average Bonchev–Trinajstić information content (AvgIpc) is 2.68. The summed E-state index contributed by atoms with van der Waals surface area (Å²) in [6.45, 7) is 4.75. The van der Waals surface area contributed by atoms with Gasteiger partial charge in [0.15, 0.2) is 11.6 Å². The Morgan fingerprint density at radius 1 is 1.10 bits per heavy atom. The molecule has 4 heterocycles. The summed E-state index contributed by atoms with van der Waals surface area (Å²) in [4.78, 5) is 8.32. The number of rotatable bonds is 2. The fourth-order valence-corrected chi connectivity index (χ4v) is 4.35. The maximum Gasteiger partial charge on any atom is 0.417 e. The van der Waals surface area contributed by atoms with Crippen LogP contribution in [-0.2, 0) is 12.6 Å². The molecule has 0 unspecified atom stereocenters. The lowest BCUT2D eigenvalue weighted by Crippen LogP contribution is -2.49. The zero-order valence-electron chi connectivity index (χ0n) is 16.4. The van der Waals surface area contributed by atoms with Crippen LogP contribution in [0.4, 0.5) is 23.4 Å². The number of likely N-dealkylation sites (N-methyl/N-ethyl adjacent to an activating group) is 1. The van der Waals surface area contributed by atoms with Crippen molar-refractivity contribution in [1.29, 1.82) is 0 Å². The summed E-state index contributed by atoms with van der Waals surface area (Å²) in [5.74, 6) is -0.233. The normalized spacial score (nSPS) is 20.6. The van der Waals surface area contributed by atoms with Gasteiger partial charge in [0.25, 0.3) is 0 Å². The fraction of sp³-hybridized carbons (Fsp3) is 0.550. The molecule has 2 aromatic rings. The monoisotopic (exact) mass is 409 g/mol. The molecule has 2 aromatic heterocycles. The van der Waals surface area contributed by atoms with E-state index in [1.165, 1.54) is 0 Å². The number of hydrogen-bond donors (Lipinski definition) is 0. The van der Waals surface area contributed by atoms with Gasteiger partial charge in [0.05, 0.1) is 5.56 Å². The van der Waals surface area contributed by atoms with Gasteiger partial charge in [-0.1, -0.05) is 0 Å². The van der Waals surface area contributed by atoms with Crippen molar-refractivity contribution >= 4 is 5.82 Å². The van der Waals surface area contributed by atoms with Crippen LogP contribution < -0.4 is 4.90 Å². The van der Waals surface area contributed by atoms with Gasteiger partial charge >= 0.3 is 6.18 Å². The van der Waals surface area contributed by atoms with E-state index in [1.807, 2.05) is 6.92 Å². The molecule has 9 heteroatoms. The highest BCUT2D eigenvalue weighted by molar-refractivity contribution is 5.66. The van der Waals surface area contributed by atoms with Gasteiger partial charge in [0.1, 0.15) is 11.4 Å². The summed E-state index contributed by atoms with van der Waals surface area (Å²) in [6.07, 6.45) is -0.0631. The Hall–Kier alpha value is -2.29. The average molecular weight is 409 g/mol. The first-order valence-electron chi connectivity index (χ1n) is 9.80. The second-order valence-electron chi connectivity index (χ2n) is 7.88. The van der Waals surface area contributed by atoms with Gasteiger partial charge in [0, 0.05) is 30.9 Å². The molecule has 0 amide bonds. The lowest BCUT2D eigenvalue weighted by atomic mass is 9.95. The first kappa shape index (κ1) is 20.0. The van der Waals surface area contributed by atoms with Crippen LogP contribution in [0.15, 0.2) is 12.3 Å². The molecule has 29 heavy (non-hydrogen) atoms. The summed E-state index contributed by atoms with van der Waals surface area (Å²) in [7, 11) is 2.11. The lowest BCUT2D eigenvalue weighted by molar-refractivity contribution is -0.138. The number of pyridine rings is 1. The van der Waals surface area contributed by atoms with Crippen LogP contribution in [-0.4, -0.2) is 52.8 Å². The molecule has 0 aliphatic carbocycles. The summed E-state index contributed by atoms with van der Waals surface area (Å²) < 4.78 is 52.9. The number of alkyl halides is 3. The minimum Gasteiger partial charge on any atom is -0.351 e. The Morgan fingerprint density at radius 2 is 1.90 bits per heavy atom. The van der Waals surface area contributed by atoms with Crippen LogP contribution in [0.1, 0.15) is 36.0 Å². The molecule has 0 saturated carbocycles. The third kappa shape index (κ3) is 3.80. The zero-order valence-corrected chi connectivity index (χ0v) is 16.4. The predicted molar refractivity (Wildman–Crippen MR) is 101 cm³/mol. The van der Waals surface area contributed by atoms with Crippen molar-refractivity contribution in [1.82, 2.24) is 20.1 Å². The van der Waals surface area contributed by atoms with E-state index in [2.05, 4.69) is 32.0 Å². The molecule has 156 valence electrons. The van der Waals surface area contributed by atoms with Crippen LogP contribution in [0.25, 0.3) is 11.4 Å². The third-order valence-electron chi connectivity index (χ3n) is 5.85. The van der Waals surface area contributed by atoms with Gasteiger partial charge in [-0.25, -0.2) is 4.39 Å². The van der Waals surface area contributed by atoms with Crippen LogP contribution in [0, 0.1) is 12.7 Å². The summed E-state index contributed by atoms with van der Waals surface area (Å²) in [5, 5.41) is 8.57. The standard InChI is InChI=1S/C20H23F4N5/c1-12-15-6-4-8-29(14-5-3-7-28(2)11-14)19(15)27-26-17(12)18-16(21)9-13(10-25-18)20(22,23)24/h9-10,14H,3-8,11H2,1-2H3/t14-/m1/s1. The summed E-state index contributed by atoms with van der Waals surface area (Å²) in [5.41, 5.74) is 0.610. The Kier molecular flexibility index (Phi) is 5.18. The Morgan fingerprint density at radius 3 is 2.59 bits per heavy atom. The third-order valence-corrected chi connectivity index (χ3v) is 5.85. The van der Waals surface area contributed by atoms with Gasteiger partial charge in [-0.2, -0.15) is 13.2 Å². The van der Waals surface area contributed by atoms with Crippen molar-refractivity contribution in [3.63, 3.8) is 0 Å². The summed E-state index contributed by atoms with van der Waals surface area (Å²) >= 11 is 0. The van der Waals surface area contributed by atoms with Gasteiger partial charge in [-0.05, 0) is 57.8 Å². The number of aromatic nitrogens is 3. The first-order valence-corrected chi connectivity index (χ1v) is 9.80. The second kappa shape index (κ2) is 7.51. The van der Waals surface area contributed by atoms with E-state index < -0.39 is 17.6 Å². The molecule has 1 fully saturated rings. The highest BCUT2D eigenvalue weighted by Gasteiger charge is 2.33. The largest absolute Gasteiger partial charge is 0.417 e. The van der Waals surface area contributed by atoms with Crippen molar-refractivity contribution < 1.29 is 17.6 Å². The quantitative estimate of drug-likeness (QED) is 0.705. The lowest BCUT2D eigenvalue weighted by Gasteiger charge is -2.41. The van der Waals surface area contributed by atoms with Crippen molar-refractivity contribution in [3.05, 3.63) is 34.8 Å². The van der Waals surface area contributed by atoms with Crippen molar-refractivity contribution in [2.24, 2.45) is 0 Å². The minimum atomic E-state index is -4.64. The highest BCUT2D eigenvalue weighted by Crippen LogP contribution is 2.36. The molecule has 0 bridgehead atoms. The second-order valence-corrected chi connectivity index (χ2v) is 7.88. The molecule has 0 aromatic carbocycles. The number of likely N-dealkylation sites (tertiary alicyclic amines) is 1. The van der Waals surface area contributed by atoms with Gasteiger partial charge in [0.2, 0.25) is 0 Å². The molecule has 5 nitrogen and oxygen atoms in total. The van der Waals surface area contributed by atoms with E-state index in [1.54, 1.807) is 0 Å². The Bertz CT molecular complexity index is 914. The topological polar surface area (TPSA) is 45.2 Å². The van der Waals surface area contributed by atoms with Crippen LogP contribution in [0.2, 0.25) is 0 Å². The predicted octanol–water partition coefficient (Wildman–Crippen LogP) is 3.85. The molecular weight excluding hydrogens is 386 g/mol. The molecule has 0 radical (unpaired) electrons. The minimum absolute atomic E-state index is 0.194. The molecular formula is C20H23F4N5. The zero-order chi connectivity index (χ0) is 20.8. The van der Waals surface area contributed by atoms with Crippen molar-refractivity contribution in [3.8, 4) is 11.4 Å². The van der Waals surface area contributed by atoms with Crippen LogP contribution >= 0.6 is 0 Å². The summed E-state index contributed by atoms with van der Waals surface area (Å²) in [6, 6.07) is 0.820. The molecule has 2 aliphatic rings. The molecule has 1 atom stereocenters. The van der Waals surface area contributed by atoms with E-state index in [4.69, 9.17) is 0 Å². The fourth-order valence-electron chi connectivity index (χ4n) is 4.35. The van der Waals surface area contributed by atoms with Crippen molar-refractivity contribution in [2.45, 2.75) is 44.8 Å². The molecule has 1 saturated heterocycles. The highest BCUT2D eigenvalue weighted by atomic mass is 19.4. The number of fused-ring (bicyclic) bond motifs is 1. The van der Waals surface area contributed by atoms with Crippen LogP contribution in [0.3, 0.4) is 0 Å². The maximum atomic E-state index is 14.4. The molecule has 4 rings (SSSR count). The van der Waals surface area contributed by atoms with Gasteiger partial charge in [-0.3, -0.25) is 4.98 Å². The van der Waals surface area contributed by atoms with E-state index in [0.717, 1.165) is 62.3 Å². The number of hydrogen-bond acceptors (Lipinski definition) is 5. The maximum absolute atomic E-state index is 14.4. The number of piperidine rings is 1. The SMILES string of the molecule is Cc1c(-c2ncc(C(F)(F)F)cc2F)nnc2c1CCCN2[C@@H]1CCCN(C)C1. The Labute approximate surface area is 166 Å². The number of anilines is 1. The van der Waals surface area contributed by atoms with Gasteiger partial charge < -0.3 is 9.80 Å². The van der Waals surface area contributed by atoms with E-state index in [9.17, 15) is 17.6 Å². The first-order chi connectivity index (χ1) is 13.8. The van der Waals surface area contributed by atoms with Crippen LogP contribution in [0.5, 0.6) is 0 Å². The smallest absolute Gasteiger partial charge is 0.351 e. The molecule has 0 spiro atoms. The molecule has 2 aliphatic heterocycles. The van der Waals surface area contributed by atoms with E-state index in [-0.39, 0.29) is 11.4 Å². The Balaban J connectivity index is 1.70. The van der Waals surface area contributed by atoms with Gasteiger partial charge in [-0.15, -0.1) is 10.2 Å². The van der Waals surface area contributed by atoms with Crippen molar-refractivity contribution in [2.75, 3.05) is 31.6 Å². The van der Waals surface area contributed by atoms with E-state index in [0.29, 0.717) is 18.3 Å². The molecule has 0 N–H and O–H groups in total. The number of nitrogens with zero attached hydrogens (tertiary/aromatic N) is 5.